The first-order chi connectivity index (χ1) is 14.2. The van der Waals surface area contributed by atoms with Crippen LogP contribution in [0.15, 0.2) is 72.8 Å². The molecule has 1 unspecified atom stereocenters. The van der Waals surface area contributed by atoms with Crippen LogP contribution in [-0.2, 0) is 6.54 Å². The molecule has 0 radical (unpaired) electrons. The molecule has 3 aromatic rings. The second kappa shape index (κ2) is 7.44. The van der Waals surface area contributed by atoms with Crippen molar-refractivity contribution in [2.24, 2.45) is 0 Å². The first kappa shape index (κ1) is 18.1. The second-order valence-electron chi connectivity index (χ2n) is 7.94. The minimum atomic E-state index is -0.168. The molecular weight excluding hydrogens is 361 g/mol. The zero-order valence-electron chi connectivity index (χ0n) is 16.1. The molecule has 3 atom stereocenters. The number of piperazine rings is 1. The minimum absolute atomic E-state index is 0.168. The Morgan fingerprint density at radius 3 is 2.41 bits per heavy atom. The summed E-state index contributed by atoms with van der Waals surface area (Å²) in [4.78, 5) is 2.50. The number of nitriles is 1. The second-order valence-corrected chi connectivity index (χ2v) is 7.94. The van der Waals surface area contributed by atoms with Crippen LogP contribution < -0.4 is 5.32 Å². The molecule has 29 heavy (non-hydrogen) atoms. The van der Waals surface area contributed by atoms with E-state index in [2.05, 4.69) is 40.6 Å². The first-order valence-corrected chi connectivity index (χ1v) is 10.0. The molecule has 0 saturated carbocycles. The van der Waals surface area contributed by atoms with Crippen molar-refractivity contribution in [3.8, 4) is 17.2 Å². The van der Waals surface area contributed by atoms with E-state index in [0.29, 0.717) is 23.6 Å². The molecule has 4 heteroatoms. The number of rotatable bonds is 4. The van der Waals surface area contributed by atoms with Gasteiger partial charge < -0.3 is 5.32 Å². The Morgan fingerprint density at radius 1 is 0.931 bits per heavy atom. The highest BCUT2D eigenvalue weighted by atomic mass is 19.1. The van der Waals surface area contributed by atoms with Gasteiger partial charge in [-0.1, -0.05) is 48.5 Å². The monoisotopic (exact) mass is 383 g/mol. The summed E-state index contributed by atoms with van der Waals surface area (Å²) in [5.74, 6) is 0.336. The Bertz CT molecular complexity index is 1060. The molecule has 0 spiro atoms. The minimum Gasteiger partial charge on any atom is -0.314 e. The van der Waals surface area contributed by atoms with Gasteiger partial charge in [0.2, 0.25) is 0 Å². The Morgan fingerprint density at radius 2 is 1.69 bits per heavy atom. The summed E-state index contributed by atoms with van der Waals surface area (Å²) in [6.45, 7) is 2.72. The Kier molecular flexibility index (Phi) is 4.63. The van der Waals surface area contributed by atoms with E-state index in [0.717, 1.165) is 36.3 Å². The van der Waals surface area contributed by atoms with E-state index >= 15 is 0 Å². The van der Waals surface area contributed by atoms with Gasteiger partial charge in [0.15, 0.2) is 0 Å². The lowest BCUT2D eigenvalue weighted by Crippen LogP contribution is -2.72. The van der Waals surface area contributed by atoms with Gasteiger partial charge >= 0.3 is 0 Å². The van der Waals surface area contributed by atoms with Gasteiger partial charge in [-0.15, -0.1) is 0 Å². The van der Waals surface area contributed by atoms with Crippen molar-refractivity contribution in [1.82, 2.24) is 10.2 Å². The number of piperidine rings is 1. The fraction of sp³-hybridized carbons (Fsp3) is 0.240. The van der Waals surface area contributed by atoms with Crippen molar-refractivity contribution in [3.05, 3.63) is 95.3 Å². The van der Waals surface area contributed by atoms with Crippen LogP contribution in [0.25, 0.3) is 11.1 Å². The van der Waals surface area contributed by atoms with E-state index in [1.807, 2.05) is 30.3 Å². The van der Waals surface area contributed by atoms with Crippen LogP contribution in [0.1, 0.15) is 22.6 Å². The van der Waals surface area contributed by atoms with Gasteiger partial charge in [0.1, 0.15) is 5.82 Å². The Balaban J connectivity index is 1.34. The molecule has 3 aromatic carbocycles. The summed E-state index contributed by atoms with van der Waals surface area (Å²) in [5.41, 5.74) is 5.27. The highest BCUT2D eigenvalue weighted by molar-refractivity contribution is 5.65. The predicted octanol–water partition coefficient (Wildman–Crippen LogP) is 4.30. The molecule has 2 bridgehead atoms. The highest BCUT2D eigenvalue weighted by Gasteiger charge is 2.50. The third-order valence-corrected chi connectivity index (χ3v) is 6.26. The summed E-state index contributed by atoms with van der Waals surface area (Å²) in [7, 11) is 0. The Labute approximate surface area is 170 Å². The van der Waals surface area contributed by atoms with Gasteiger partial charge in [-0.05, 0) is 46.5 Å². The van der Waals surface area contributed by atoms with Crippen molar-refractivity contribution < 1.29 is 4.39 Å². The van der Waals surface area contributed by atoms with Gasteiger partial charge in [-0.2, -0.15) is 5.26 Å². The summed E-state index contributed by atoms with van der Waals surface area (Å²) in [6, 6.07) is 26.5. The van der Waals surface area contributed by atoms with Crippen LogP contribution in [0, 0.1) is 17.1 Å². The predicted molar refractivity (Wildman–Crippen MR) is 112 cm³/mol. The van der Waals surface area contributed by atoms with Crippen LogP contribution in [0.3, 0.4) is 0 Å². The van der Waals surface area contributed by atoms with Gasteiger partial charge in [0.25, 0.3) is 0 Å². The van der Waals surface area contributed by atoms with Crippen molar-refractivity contribution in [2.45, 2.75) is 24.5 Å². The van der Waals surface area contributed by atoms with Gasteiger partial charge in [0, 0.05) is 37.6 Å². The zero-order chi connectivity index (χ0) is 19.8. The maximum atomic E-state index is 13.5. The number of fused-ring (bicyclic) bond motifs is 2. The summed E-state index contributed by atoms with van der Waals surface area (Å²) in [5, 5.41) is 12.6. The van der Waals surface area contributed by atoms with E-state index < -0.39 is 0 Å². The van der Waals surface area contributed by atoms with Gasteiger partial charge in [-0.3, -0.25) is 4.90 Å². The van der Waals surface area contributed by atoms with E-state index in [1.165, 1.54) is 11.6 Å². The lowest BCUT2D eigenvalue weighted by atomic mass is 9.72. The molecule has 2 aliphatic rings. The van der Waals surface area contributed by atoms with Crippen molar-refractivity contribution in [1.29, 1.82) is 5.26 Å². The van der Waals surface area contributed by atoms with Crippen LogP contribution in [0.4, 0.5) is 4.39 Å². The fourth-order valence-corrected chi connectivity index (χ4v) is 4.87. The molecule has 2 aliphatic heterocycles. The fourth-order valence-electron chi connectivity index (χ4n) is 4.87. The number of benzene rings is 3. The normalized spacial score (nSPS) is 23.2. The largest absolute Gasteiger partial charge is 0.314 e. The number of hydrogen-bond acceptors (Lipinski definition) is 3. The lowest BCUT2D eigenvalue weighted by molar-refractivity contribution is -0.0483. The maximum absolute atomic E-state index is 13.5. The number of likely N-dealkylation sites (tertiary alicyclic amines) is 1. The number of nitrogens with one attached hydrogen (secondary N) is 1. The van der Waals surface area contributed by atoms with E-state index in [-0.39, 0.29) is 5.82 Å². The molecule has 0 aliphatic carbocycles. The molecule has 2 fully saturated rings. The molecule has 0 aromatic heterocycles. The molecule has 0 amide bonds. The zero-order valence-corrected chi connectivity index (χ0v) is 16.1. The van der Waals surface area contributed by atoms with Crippen molar-refractivity contribution in [3.63, 3.8) is 0 Å². The average molecular weight is 383 g/mol. The highest BCUT2D eigenvalue weighted by Crippen LogP contribution is 2.43. The van der Waals surface area contributed by atoms with Crippen LogP contribution in [0.2, 0.25) is 0 Å². The number of nitrogens with zero attached hydrogens (tertiary/aromatic N) is 2. The third-order valence-electron chi connectivity index (χ3n) is 6.26. The maximum Gasteiger partial charge on any atom is 0.123 e. The lowest BCUT2D eigenvalue weighted by Gasteiger charge is -2.59. The summed E-state index contributed by atoms with van der Waals surface area (Å²) < 4.78 is 13.5. The van der Waals surface area contributed by atoms with Crippen molar-refractivity contribution >= 4 is 0 Å². The van der Waals surface area contributed by atoms with E-state index in [4.69, 9.17) is 5.26 Å². The summed E-state index contributed by atoms with van der Waals surface area (Å²) in [6.07, 6.45) is 0. The van der Waals surface area contributed by atoms with Crippen molar-refractivity contribution in [2.75, 3.05) is 13.1 Å². The quantitative estimate of drug-likeness (QED) is 0.730. The van der Waals surface area contributed by atoms with Gasteiger partial charge in [0.05, 0.1) is 11.6 Å². The van der Waals surface area contributed by atoms with E-state index in [9.17, 15) is 4.39 Å². The third kappa shape index (κ3) is 3.33. The average Bonchev–Trinajstić information content (AvgIpc) is 2.78. The van der Waals surface area contributed by atoms with E-state index in [1.54, 1.807) is 12.1 Å². The standard InChI is InChI=1S/C25H22FN3/c26-22-6-2-4-18(12-22)16-29-23-14-28-15-24(29)25(23)20-9-7-19(8-10-20)21-5-1-3-17(11-21)13-27/h1-12,23-25,28H,14-16H2/t23-,24+,25?. The molecule has 144 valence electrons. The van der Waals surface area contributed by atoms with Gasteiger partial charge in [-0.25, -0.2) is 4.39 Å². The first-order valence-electron chi connectivity index (χ1n) is 10.0. The van der Waals surface area contributed by atoms with Crippen LogP contribution >= 0.6 is 0 Å². The SMILES string of the molecule is N#Cc1cccc(-c2ccc(C3[C@H]4CNC[C@@H]3N4Cc3cccc(F)c3)cc2)c1. The molecule has 1 N–H and O–H groups in total. The molecule has 2 heterocycles. The smallest absolute Gasteiger partial charge is 0.123 e. The number of hydrogen-bond donors (Lipinski definition) is 1. The molecule has 3 nitrogen and oxygen atoms in total. The molecule has 2 saturated heterocycles. The number of halogens is 1. The van der Waals surface area contributed by atoms with Crippen LogP contribution in [0.5, 0.6) is 0 Å². The molecular formula is C25H22FN3. The Hall–Kier alpha value is -3.00. The van der Waals surface area contributed by atoms with Crippen LogP contribution in [-0.4, -0.2) is 30.1 Å². The molecule has 5 rings (SSSR count). The summed E-state index contributed by atoms with van der Waals surface area (Å²) >= 11 is 0. The topological polar surface area (TPSA) is 39.1 Å².